The number of aromatic nitrogens is 6. The first-order valence-corrected chi connectivity index (χ1v) is 15.2. The van der Waals surface area contributed by atoms with Gasteiger partial charge in [-0.15, -0.1) is 0 Å². The van der Waals surface area contributed by atoms with E-state index in [1.54, 1.807) is 38.2 Å². The molecular weight excluding hydrogens is 570 g/mol. The summed E-state index contributed by atoms with van der Waals surface area (Å²) in [4.78, 5) is 10.7. The van der Waals surface area contributed by atoms with E-state index in [1.807, 2.05) is 71.1 Å². The molecule has 0 saturated carbocycles. The lowest BCUT2D eigenvalue weighted by Gasteiger charge is -2.24. The first-order chi connectivity index (χ1) is 20.6. The van der Waals surface area contributed by atoms with Crippen LogP contribution in [-0.2, 0) is 30.0 Å². The Morgan fingerprint density at radius 1 is 0.837 bits per heavy atom. The number of sulfone groups is 1. The van der Waals surface area contributed by atoms with Crippen molar-refractivity contribution in [1.29, 1.82) is 0 Å². The number of hydrogen-bond acceptors (Lipinski definition) is 10. The van der Waals surface area contributed by atoms with Crippen LogP contribution in [0.15, 0.2) is 72.0 Å². The molecule has 224 valence electrons. The predicted octanol–water partition coefficient (Wildman–Crippen LogP) is 4.20. The Bertz CT molecular complexity index is 1830. The summed E-state index contributed by atoms with van der Waals surface area (Å²) in [5, 5.41) is 9.04. The molecule has 0 bridgehead atoms. The second-order valence-corrected chi connectivity index (χ2v) is 11.9. The third kappa shape index (κ3) is 6.46. The molecule has 5 aromatic rings. The van der Waals surface area contributed by atoms with Gasteiger partial charge in [-0.1, -0.05) is 24.3 Å². The smallest absolute Gasteiger partial charge is 0.249 e. The molecule has 0 saturated heterocycles. The maximum atomic E-state index is 12.8. The summed E-state index contributed by atoms with van der Waals surface area (Å²) in [6, 6.07) is 19.0. The zero-order valence-electron chi connectivity index (χ0n) is 24.8. The highest BCUT2D eigenvalue weighted by Gasteiger charge is 2.28. The summed E-state index contributed by atoms with van der Waals surface area (Å²) in [5.74, 6) is 2.54. The average Bonchev–Trinajstić information content (AvgIpc) is 3.60. The van der Waals surface area contributed by atoms with Gasteiger partial charge in [-0.25, -0.2) is 13.4 Å². The molecule has 3 heterocycles. The molecule has 2 aromatic carbocycles. The van der Waals surface area contributed by atoms with E-state index in [-0.39, 0.29) is 22.4 Å². The highest BCUT2D eigenvalue weighted by Crippen LogP contribution is 2.40. The minimum atomic E-state index is -3.81. The number of aryl methyl sites for hydroxylation is 2. The van der Waals surface area contributed by atoms with Gasteiger partial charge in [-0.2, -0.15) is 15.2 Å². The number of benzene rings is 2. The largest absolute Gasteiger partial charge is 0.497 e. The van der Waals surface area contributed by atoms with E-state index in [0.717, 1.165) is 28.8 Å². The van der Waals surface area contributed by atoms with Crippen LogP contribution < -0.4 is 19.1 Å². The molecule has 3 aromatic heterocycles. The summed E-state index contributed by atoms with van der Waals surface area (Å²) >= 11 is 0. The SMILES string of the molecule is COc1ccc(CN(c2cc(C)n(Cc3ccc(OC)cc3)n2)c2nc(S(C)(=O)=O)nc(-c3ccn(C)n3)c2OC)cc1. The number of nitrogens with zero attached hydrogens (tertiary/aromatic N) is 7. The first kappa shape index (κ1) is 29.6. The Labute approximate surface area is 250 Å². The van der Waals surface area contributed by atoms with Gasteiger partial charge in [0.15, 0.2) is 17.4 Å². The third-order valence-corrected chi connectivity index (χ3v) is 7.66. The summed E-state index contributed by atoms with van der Waals surface area (Å²) in [7, 11) is 2.69. The zero-order chi connectivity index (χ0) is 30.7. The van der Waals surface area contributed by atoms with Crippen LogP contribution in [0.25, 0.3) is 11.4 Å². The molecule has 0 N–H and O–H groups in total. The summed E-state index contributed by atoms with van der Waals surface area (Å²) in [6.45, 7) is 2.77. The molecule has 5 rings (SSSR count). The number of methoxy groups -OCH3 is 3. The van der Waals surface area contributed by atoms with Crippen molar-refractivity contribution in [2.45, 2.75) is 25.2 Å². The van der Waals surface area contributed by atoms with Crippen molar-refractivity contribution in [3.05, 3.63) is 83.7 Å². The lowest BCUT2D eigenvalue weighted by molar-refractivity contribution is 0.411. The second kappa shape index (κ2) is 12.1. The molecule has 0 radical (unpaired) electrons. The monoisotopic (exact) mass is 603 g/mol. The first-order valence-electron chi connectivity index (χ1n) is 13.3. The van der Waals surface area contributed by atoms with Crippen LogP contribution in [-0.4, -0.2) is 65.5 Å². The van der Waals surface area contributed by atoms with Crippen LogP contribution in [0.4, 0.5) is 11.6 Å². The van der Waals surface area contributed by atoms with Crippen molar-refractivity contribution >= 4 is 21.5 Å². The molecule has 0 fully saturated rings. The topological polar surface area (TPSA) is 126 Å². The number of anilines is 2. The molecule has 0 aliphatic carbocycles. The Hall–Kier alpha value is -4.91. The molecular formula is C30H33N7O5S. The molecule has 12 nitrogen and oxygen atoms in total. The van der Waals surface area contributed by atoms with Gasteiger partial charge in [0, 0.05) is 31.3 Å². The van der Waals surface area contributed by atoms with Crippen molar-refractivity contribution in [2.24, 2.45) is 7.05 Å². The molecule has 0 amide bonds. The van der Waals surface area contributed by atoms with Crippen LogP contribution in [0.5, 0.6) is 17.2 Å². The highest BCUT2D eigenvalue weighted by molar-refractivity contribution is 7.90. The van der Waals surface area contributed by atoms with Crippen molar-refractivity contribution in [1.82, 2.24) is 29.5 Å². The molecule has 0 aliphatic rings. The number of rotatable bonds is 11. The number of ether oxygens (including phenoxy) is 3. The van der Waals surface area contributed by atoms with Crippen LogP contribution in [0.3, 0.4) is 0 Å². The van der Waals surface area contributed by atoms with Crippen molar-refractivity contribution in [2.75, 3.05) is 32.5 Å². The van der Waals surface area contributed by atoms with Gasteiger partial charge < -0.3 is 19.1 Å². The van der Waals surface area contributed by atoms with Crippen molar-refractivity contribution in [3.8, 4) is 28.6 Å². The Balaban J connectivity index is 1.67. The predicted molar refractivity (Wildman–Crippen MR) is 162 cm³/mol. The van der Waals surface area contributed by atoms with E-state index in [2.05, 4.69) is 15.1 Å². The second-order valence-electron chi connectivity index (χ2n) is 9.94. The highest BCUT2D eigenvalue weighted by atomic mass is 32.2. The fraction of sp³-hybridized carbons (Fsp3) is 0.267. The van der Waals surface area contributed by atoms with Crippen LogP contribution in [0.2, 0.25) is 0 Å². The van der Waals surface area contributed by atoms with Crippen molar-refractivity contribution < 1.29 is 22.6 Å². The standard InChI is InChI=1S/C30H33N7O5S/c1-20-17-26(34-37(20)19-22-9-13-24(41-4)14-10-22)36(18-21-7-11-23(40-3)12-8-21)29-28(42-5)27(25-15-16-35(2)33-25)31-30(32-29)43(6,38)39/h7-17H,18-19H2,1-6H3. The van der Waals surface area contributed by atoms with E-state index in [1.165, 1.54) is 7.11 Å². The lowest BCUT2D eigenvalue weighted by atomic mass is 10.2. The van der Waals surface area contributed by atoms with Gasteiger partial charge in [0.2, 0.25) is 15.0 Å². The van der Waals surface area contributed by atoms with Gasteiger partial charge in [0.25, 0.3) is 0 Å². The van der Waals surface area contributed by atoms with E-state index >= 15 is 0 Å². The van der Waals surface area contributed by atoms with Crippen molar-refractivity contribution in [3.63, 3.8) is 0 Å². The Morgan fingerprint density at radius 3 is 2.00 bits per heavy atom. The maximum Gasteiger partial charge on any atom is 0.249 e. The fourth-order valence-corrected chi connectivity index (χ4v) is 5.05. The van der Waals surface area contributed by atoms with Crippen LogP contribution >= 0.6 is 0 Å². The van der Waals surface area contributed by atoms with Gasteiger partial charge in [0.1, 0.15) is 22.9 Å². The maximum absolute atomic E-state index is 12.8. The van der Waals surface area contributed by atoms with E-state index in [4.69, 9.17) is 19.3 Å². The summed E-state index contributed by atoms with van der Waals surface area (Å²) < 4.78 is 45.6. The van der Waals surface area contributed by atoms with Gasteiger partial charge in [0.05, 0.1) is 34.4 Å². The molecule has 13 heteroatoms. The number of hydrogen-bond donors (Lipinski definition) is 0. The molecule has 0 spiro atoms. The molecule has 43 heavy (non-hydrogen) atoms. The minimum absolute atomic E-state index is 0.239. The quantitative estimate of drug-likeness (QED) is 0.203. The zero-order valence-corrected chi connectivity index (χ0v) is 25.7. The van der Waals surface area contributed by atoms with Crippen LogP contribution in [0.1, 0.15) is 16.8 Å². The Morgan fingerprint density at radius 2 is 1.47 bits per heavy atom. The van der Waals surface area contributed by atoms with Gasteiger partial charge >= 0.3 is 0 Å². The Kier molecular flexibility index (Phi) is 8.35. The van der Waals surface area contributed by atoms with E-state index in [9.17, 15) is 8.42 Å². The molecule has 0 atom stereocenters. The summed E-state index contributed by atoms with van der Waals surface area (Å²) in [5.41, 5.74) is 3.54. The normalized spacial score (nSPS) is 11.4. The minimum Gasteiger partial charge on any atom is -0.497 e. The van der Waals surface area contributed by atoms with Crippen LogP contribution in [0, 0.1) is 6.92 Å². The third-order valence-electron chi connectivity index (χ3n) is 6.81. The van der Waals surface area contributed by atoms with Gasteiger partial charge in [-0.3, -0.25) is 9.36 Å². The molecule has 0 aliphatic heterocycles. The van der Waals surface area contributed by atoms with E-state index < -0.39 is 9.84 Å². The van der Waals surface area contributed by atoms with E-state index in [0.29, 0.717) is 30.4 Å². The fourth-order valence-electron chi connectivity index (χ4n) is 4.54. The average molecular weight is 604 g/mol. The summed E-state index contributed by atoms with van der Waals surface area (Å²) in [6.07, 6.45) is 2.82. The molecule has 0 unspecified atom stereocenters. The van der Waals surface area contributed by atoms with Gasteiger partial charge in [-0.05, 0) is 48.4 Å². The lowest BCUT2D eigenvalue weighted by Crippen LogP contribution is -2.22.